The fourth-order valence-corrected chi connectivity index (χ4v) is 5.12. The Balaban J connectivity index is 1.37. The molecular weight excluding hydrogens is 435 g/mol. The van der Waals surface area contributed by atoms with Crippen molar-refractivity contribution in [3.05, 3.63) is 82.3 Å². The van der Waals surface area contributed by atoms with Crippen LogP contribution in [0.15, 0.2) is 64.4 Å². The number of carbonyl (C=O) groups is 1. The van der Waals surface area contributed by atoms with Gasteiger partial charge in [0.25, 0.3) is 5.91 Å². The first kappa shape index (κ1) is 22.0. The molecule has 2 aromatic carbocycles. The molecule has 2 N–H and O–H groups in total. The quantitative estimate of drug-likeness (QED) is 0.612. The van der Waals surface area contributed by atoms with Crippen LogP contribution < -0.4 is 10.4 Å². The summed E-state index contributed by atoms with van der Waals surface area (Å²) in [5, 5.41) is 0. The highest BCUT2D eigenvalue weighted by molar-refractivity contribution is 7.89. The molecule has 3 aromatic rings. The standard InChI is InChI=1S/C22H23FN4O4S/c1-15-14-24-22(29)27(15)19-6-2-16(3-7-19)21(28)26-12-10-18(11-13-26)25-32(30,31)20-8-4-17(23)5-9-20/h2-9,14,18,25H,10-13H2,1H3,(H,24,29). The highest BCUT2D eigenvalue weighted by atomic mass is 32.2. The number of aryl methyl sites for hydroxylation is 1. The SMILES string of the molecule is Cc1c[nH]c(=O)n1-c1ccc(C(=O)N2CCC(NS(=O)(=O)c3ccc(F)cc3)CC2)cc1. The minimum Gasteiger partial charge on any atom is -0.339 e. The van der Waals surface area contributed by atoms with Crippen LogP contribution in [0.5, 0.6) is 0 Å². The zero-order valence-corrected chi connectivity index (χ0v) is 18.2. The number of piperidine rings is 1. The monoisotopic (exact) mass is 458 g/mol. The lowest BCUT2D eigenvalue weighted by atomic mass is 10.0. The molecule has 0 bridgehead atoms. The van der Waals surface area contributed by atoms with Gasteiger partial charge >= 0.3 is 5.69 Å². The predicted octanol–water partition coefficient (Wildman–Crippen LogP) is 2.20. The number of hydrogen-bond donors (Lipinski definition) is 2. The molecule has 0 unspecified atom stereocenters. The van der Waals surface area contributed by atoms with E-state index in [1.54, 1.807) is 35.4 Å². The Morgan fingerprint density at radius 1 is 1.06 bits per heavy atom. The van der Waals surface area contributed by atoms with Crippen molar-refractivity contribution in [1.29, 1.82) is 0 Å². The van der Waals surface area contributed by atoms with Crippen molar-refractivity contribution < 1.29 is 17.6 Å². The fourth-order valence-electron chi connectivity index (χ4n) is 3.81. The molecule has 1 aromatic heterocycles. The number of hydrogen-bond acceptors (Lipinski definition) is 4. The average Bonchev–Trinajstić information content (AvgIpc) is 3.12. The van der Waals surface area contributed by atoms with Crippen molar-refractivity contribution in [2.24, 2.45) is 0 Å². The summed E-state index contributed by atoms with van der Waals surface area (Å²) in [4.78, 5) is 29.1. The molecule has 4 rings (SSSR count). The molecular formula is C22H23FN4O4S. The number of rotatable bonds is 5. The van der Waals surface area contributed by atoms with Gasteiger partial charge in [-0.1, -0.05) is 0 Å². The Labute approximate surface area is 184 Å². The molecule has 1 aliphatic heterocycles. The number of likely N-dealkylation sites (tertiary alicyclic amines) is 1. The van der Waals surface area contributed by atoms with Gasteiger partial charge in [0.2, 0.25) is 10.0 Å². The van der Waals surface area contributed by atoms with E-state index in [-0.39, 0.29) is 22.5 Å². The molecule has 0 atom stereocenters. The van der Waals surface area contributed by atoms with Gasteiger partial charge in [-0.2, -0.15) is 0 Å². The first-order valence-electron chi connectivity index (χ1n) is 10.2. The van der Waals surface area contributed by atoms with Crippen LogP contribution >= 0.6 is 0 Å². The van der Waals surface area contributed by atoms with Crippen molar-refractivity contribution in [2.75, 3.05) is 13.1 Å². The lowest BCUT2D eigenvalue weighted by Gasteiger charge is -2.32. The molecule has 168 valence electrons. The number of nitrogens with one attached hydrogen (secondary N) is 2. The van der Waals surface area contributed by atoms with E-state index in [9.17, 15) is 22.4 Å². The minimum atomic E-state index is -3.75. The van der Waals surface area contributed by atoms with Gasteiger partial charge in [-0.15, -0.1) is 0 Å². The lowest BCUT2D eigenvalue weighted by molar-refractivity contribution is 0.0711. The second-order valence-corrected chi connectivity index (χ2v) is 9.47. The van der Waals surface area contributed by atoms with Gasteiger partial charge in [0.1, 0.15) is 5.82 Å². The van der Waals surface area contributed by atoms with Crippen LogP contribution in [0, 0.1) is 12.7 Å². The fraction of sp³-hybridized carbons (Fsp3) is 0.273. The zero-order chi connectivity index (χ0) is 22.9. The molecule has 2 heterocycles. The second-order valence-electron chi connectivity index (χ2n) is 7.76. The van der Waals surface area contributed by atoms with Crippen LogP contribution in [0.2, 0.25) is 0 Å². The molecule has 10 heteroatoms. The number of carbonyl (C=O) groups excluding carboxylic acids is 1. The maximum Gasteiger partial charge on any atom is 0.330 e. The van der Waals surface area contributed by atoms with Crippen LogP contribution in [0.4, 0.5) is 4.39 Å². The number of H-pyrrole nitrogens is 1. The molecule has 1 amide bonds. The Morgan fingerprint density at radius 3 is 2.25 bits per heavy atom. The molecule has 0 radical (unpaired) electrons. The van der Waals surface area contributed by atoms with E-state index in [1.807, 2.05) is 6.92 Å². The Hall–Kier alpha value is -3.24. The normalized spacial score (nSPS) is 15.1. The van der Waals surface area contributed by atoms with Gasteiger partial charge in [0.05, 0.1) is 10.6 Å². The third kappa shape index (κ3) is 4.51. The van der Waals surface area contributed by atoms with Crippen molar-refractivity contribution in [3.8, 4) is 5.69 Å². The molecule has 0 aliphatic carbocycles. The van der Waals surface area contributed by atoms with Crippen molar-refractivity contribution in [3.63, 3.8) is 0 Å². The molecule has 0 saturated carbocycles. The third-order valence-electron chi connectivity index (χ3n) is 5.56. The van der Waals surface area contributed by atoms with Crippen LogP contribution in [0.1, 0.15) is 28.9 Å². The van der Waals surface area contributed by atoms with Crippen LogP contribution in [-0.2, 0) is 10.0 Å². The van der Waals surface area contributed by atoms with Gasteiger partial charge in [-0.3, -0.25) is 9.36 Å². The first-order valence-corrected chi connectivity index (χ1v) is 11.7. The molecule has 1 aliphatic rings. The molecule has 32 heavy (non-hydrogen) atoms. The van der Waals surface area contributed by atoms with Crippen molar-refractivity contribution in [2.45, 2.75) is 30.7 Å². The average molecular weight is 459 g/mol. The second kappa shape index (κ2) is 8.71. The number of sulfonamides is 1. The van der Waals surface area contributed by atoms with Crippen LogP contribution in [0.25, 0.3) is 5.69 Å². The first-order chi connectivity index (χ1) is 15.2. The van der Waals surface area contributed by atoms with E-state index in [4.69, 9.17) is 0 Å². The number of nitrogens with zero attached hydrogens (tertiary/aromatic N) is 2. The van der Waals surface area contributed by atoms with Crippen LogP contribution in [-0.4, -0.2) is 47.9 Å². The van der Waals surface area contributed by atoms with Gasteiger partial charge < -0.3 is 9.88 Å². The summed E-state index contributed by atoms with van der Waals surface area (Å²) in [6, 6.07) is 11.2. The van der Waals surface area contributed by atoms with E-state index in [0.29, 0.717) is 37.2 Å². The van der Waals surface area contributed by atoms with Gasteiger partial charge in [0, 0.05) is 36.6 Å². The van der Waals surface area contributed by atoms with Crippen LogP contribution in [0.3, 0.4) is 0 Å². The number of amides is 1. The summed E-state index contributed by atoms with van der Waals surface area (Å²) in [5.41, 5.74) is 1.69. The number of aromatic amines is 1. The van der Waals surface area contributed by atoms with Gasteiger partial charge in [0.15, 0.2) is 0 Å². The Kier molecular flexibility index (Phi) is 5.98. The number of halogens is 1. The molecule has 0 spiro atoms. The smallest absolute Gasteiger partial charge is 0.330 e. The van der Waals surface area contributed by atoms with Crippen molar-refractivity contribution in [1.82, 2.24) is 19.2 Å². The summed E-state index contributed by atoms with van der Waals surface area (Å²) in [6.07, 6.45) is 2.57. The van der Waals surface area contributed by atoms with E-state index in [0.717, 1.165) is 17.8 Å². The predicted molar refractivity (Wildman–Crippen MR) is 117 cm³/mol. The van der Waals surface area contributed by atoms with E-state index >= 15 is 0 Å². The van der Waals surface area contributed by atoms with E-state index in [1.165, 1.54) is 16.7 Å². The zero-order valence-electron chi connectivity index (χ0n) is 17.4. The van der Waals surface area contributed by atoms with E-state index in [2.05, 4.69) is 9.71 Å². The minimum absolute atomic E-state index is 0.00858. The summed E-state index contributed by atoms with van der Waals surface area (Å²) in [6.45, 7) is 2.63. The highest BCUT2D eigenvalue weighted by Gasteiger charge is 2.27. The Bertz CT molecular complexity index is 1270. The molecule has 1 fully saturated rings. The molecule has 1 saturated heterocycles. The van der Waals surface area contributed by atoms with E-state index < -0.39 is 15.8 Å². The molecule has 8 nitrogen and oxygen atoms in total. The lowest BCUT2D eigenvalue weighted by Crippen LogP contribution is -2.46. The topological polar surface area (TPSA) is 104 Å². The number of aromatic nitrogens is 2. The Morgan fingerprint density at radius 2 is 1.69 bits per heavy atom. The third-order valence-corrected chi connectivity index (χ3v) is 7.10. The maximum absolute atomic E-state index is 13.1. The number of imidazole rings is 1. The maximum atomic E-state index is 13.1. The number of benzene rings is 2. The largest absolute Gasteiger partial charge is 0.339 e. The highest BCUT2D eigenvalue weighted by Crippen LogP contribution is 2.18. The summed E-state index contributed by atoms with van der Waals surface area (Å²) >= 11 is 0. The van der Waals surface area contributed by atoms with Crippen molar-refractivity contribution >= 4 is 15.9 Å². The van der Waals surface area contributed by atoms with Gasteiger partial charge in [-0.05, 0) is 68.3 Å². The summed E-state index contributed by atoms with van der Waals surface area (Å²) in [7, 11) is -3.75. The summed E-state index contributed by atoms with van der Waals surface area (Å²) in [5.74, 6) is -0.645. The van der Waals surface area contributed by atoms with Gasteiger partial charge in [-0.25, -0.2) is 22.3 Å². The summed E-state index contributed by atoms with van der Waals surface area (Å²) < 4.78 is 42.2.